The fraction of sp³-hybridized carbons (Fsp3) is 0.533. The van der Waals surface area contributed by atoms with Crippen LogP contribution >= 0.6 is 0 Å². The minimum absolute atomic E-state index is 0.0669. The second-order valence-electron chi connectivity index (χ2n) is 5.20. The normalized spacial score (nSPS) is 18.0. The van der Waals surface area contributed by atoms with E-state index in [0.29, 0.717) is 31.7 Å². The van der Waals surface area contributed by atoms with Crippen LogP contribution in [-0.2, 0) is 19.5 Å². The molecule has 1 amide bonds. The summed E-state index contributed by atoms with van der Waals surface area (Å²) < 4.78 is 36.5. The largest absolute Gasteiger partial charge is 0.379 e. The molecule has 1 aromatic carbocycles. The SMILES string of the molecule is CNS(=O)(=O)c1cccc(C(=O)NCCCO[C@@H]2CCOC2)c1. The van der Waals surface area contributed by atoms with Gasteiger partial charge in [0.15, 0.2) is 0 Å². The van der Waals surface area contributed by atoms with E-state index in [1.165, 1.54) is 19.2 Å². The van der Waals surface area contributed by atoms with Crippen LogP contribution in [0.2, 0.25) is 0 Å². The number of carbonyl (C=O) groups is 1. The van der Waals surface area contributed by atoms with Gasteiger partial charge in [-0.25, -0.2) is 13.1 Å². The van der Waals surface area contributed by atoms with Gasteiger partial charge >= 0.3 is 0 Å². The Balaban J connectivity index is 1.78. The van der Waals surface area contributed by atoms with Gasteiger partial charge in [0.2, 0.25) is 10.0 Å². The summed E-state index contributed by atoms with van der Waals surface area (Å²) in [7, 11) is -2.22. The summed E-state index contributed by atoms with van der Waals surface area (Å²) in [6, 6.07) is 5.92. The van der Waals surface area contributed by atoms with E-state index in [1.54, 1.807) is 12.1 Å². The highest BCUT2D eigenvalue weighted by Gasteiger charge is 2.16. The van der Waals surface area contributed by atoms with E-state index < -0.39 is 10.0 Å². The maximum atomic E-state index is 12.0. The minimum Gasteiger partial charge on any atom is -0.379 e. The fourth-order valence-electron chi connectivity index (χ4n) is 2.19. The van der Waals surface area contributed by atoms with Crippen molar-refractivity contribution in [3.8, 4) is 0 Å². The van der Waals surface area contributed by atoms with Gasteiger partial charge in [-0.05, 0) is 38.1 Å². The van der Waals surface area contributed by atoms with E-state index in [0.717, 1.165) is 13.0 Å². The van der Waals surface area contributed by atoms with Gasteiger partial charge in [-0.2, -0.15) is 0 Å². The van der Waals surface area contributed by atoms with E-state index in [2.05, 4.69) is 10.0 Å². The van der Waals surface area contributed by atoms with Crippen LogP contribution in [0.4, 0.5) is 0 Å². The van der Waals surface area contributed by atoms with Gasteiger partial charge in [-0.1, -0.05) is 6.07 Å². The molecule has 1 saturated heterocycles. The Labute approximate surface area is 136 Å². The molecule has 7 nitrogen and oxygen atoms in total. The Kier molecular flexibility index (Phi) is 6.52. The first-order chi connectivity index (χ1) is 11.0. The van der Waals surface area contributed by atoms with Crippen LogP contribution in [0.3, 0.4) is 0 Å². The Morgan fingerprint density at radius 3 is 2.96 bits per heavy atom. The van der Waals surface area contributed by atoms with Crippen molar-refractivity contribution in [1.82, 2.24) is 10.0 Å². The molecule has 2 rings (SSSR count). The number of amides is 1. The van der Waals surface area contributed by atoms with Crippen LogP contribution in [-0.4, -0.2) is 53.8 Å². The van der Waals surface area contributed by atoms with Crippen LogP contribution < -0.4 is 10.0 Å². The highest BCUT2D eigenvalue weighted by Crippen LogP contribution is 2.11. The first-order valence-corrected chi connectivity index (χ1v) is 9.02. The van der Waals surface area contributed by atoms with Crippen molar-refractivity contribution in [3.05, 3.63) is 29.8 Å². The van der Waals surface area contributed by atoms with Crippen molar-refractivity contribution in [2.24, 2.45) is 0 Å². The van der Waals surface area contributed by atoms with Crippen LogP contribution in [0.25, 0.3) is 0 Å². The van der Waals surface area contributed by atoms with E-state index >= 15 is 0 Å². The van der Waals surface area contributed by atoms with Gasteiger partial charge in [-0.15, -0.1) is 0 Å². The van der Waals surface area contributed by atoms with Crippen molar-refractivity contribution in [1.29, 1.82) is 0 Å². The van der Waals surface area contributed by atoms with Crippen molar-refractivity contribution in [2.45, 2.75) is 23.8 Å². The van der Waals surface area contributed by atoms with E-state index in [4.69, 9.17) is 9.47 Å². The number of benzene rings is 1. The lowest BCUT2D eigenvalue weighted by atomic mass is 10.2. The Morgan fingerprint density at radius 2 is 2.26 bits per heavy atom. The summed E-state index contributed by atoms with van der Waals surface area (Å²) in [6.07, 6.45) is 1.77. The van der Waals surface area contributed by atoms with Crippen LogP contribution in [0.5, 0.6) is 0 Å². The highest BCUT2D eigenvalue weighted by molar-refractivity contribution is 7.89. The van der Waals surface area contributed by atoms with Crippen molar-refractivity contribution >= 4 is 15.9 Å². The third kappa shape index (κ3) is 5.28. The average molecular weight is 342 g/mol. The summed E-state index contributed by atoms with van der Waals surface area (Å²) in [4.78, 5) is 12.1. The standard InChI is InChI=1S/C15H22N2O5S/c1-16-23(19,20)14-5-2-4-12(10-14)15(18)17-7-3-8-22-13-6-9-21-11-13/h2,4-5,10,13,16H,3,6-9,11H2,1H3,(H,17,18)/t13-/m1/s1. The molecule has 0 radical (unpaired) electrons. The fourth-order valence-corrected chi connectivity index (χ4v) is 2.97. The summed E-state index contributed by atoms with van der Waals surface area (Å²) in [6.45, 7) is 2.41. The molecule has 128 valence electrons. The molecule has 0 saturated carbocycles. The summed E-state index contributed by atoms with van der Waals surface area (Å²) in [5, 5.41) is 2.76. The zero-order chi connectivity index (χ0) is 16.7. The zero-order valence-electron chi connectivity index (χ0n) is 13.1. The van der Waals surface area contributed by atoms with Gasteiger partial charge in [-0.3, -0.25) is 4.79 Å². The Morgan fingerprint density at radius 1 is 1.43 bits per heavy atom. The maximum Gasteiger partial charge on any atom is 0.251 e. The van der Waals surface area contributed by atoms with E-state index in [-0.39, 0.29) is 16.9 Å². The lowest BCUT2D eigenvalue weighted by Gasteiger charge is -2.10. The summed E-state index contributed by atoms with van der Waals surface area (Å²) >= 11 is 0. The Bertz CT molecular complexity index is 627. The van der Waals surface area contributed by atoms with Crippen molar-refractivity contribution < 1.29 is 22.7 Å². The quantitative estimate of drug-likeness (QED) is 0.672. The molecule has 1 atom stereocenters. The molecule has 1 aliphatic heterocycles. The van der Waals surface area contributed by atoms with Gasteiger partial charge in [0.1, 0.15) is 0 Å². The van der Waals surface area contributed by atoms with Gasteiger partial charge in [0, 0.05) is 25.3 Å². The number of hydrogen-bond donors (Lipinski definition) is 2. The van der Waals surface area contributed by atoms with Gasteiger partial charge < -0.3 is 14.8 Å². The molecule has 0 aromatic heterocycles. The van der Waals surface area contributed by atoms with Crippen molar-refractivity contribution in [2.75, 3.05) is 33.4 Å². The first-order valence-electron chi connectivity index (χ1n) is 7.54. The number of sulfonamides is 1. The molecule has 1 aromatic rings. The van der Waals surface area contributed by atoms with Gasteiger partial charge in [0.25, 0.3) is 5.91 Å². The number of hydrogen-bond acceptors (Lipinski definition) is 5. The van der Waals surface area contributed by atoms with E-state index in [1.807, 2.05) is 0 Å². The van der Waals surface area contributed by atoms with Crippen LogP contribution in [0, 0.1) is 0 Å². The minimum atomic E-state index is -3.55. The van der Waals surface area contributed by atoms with Gasteiger partial charge in [0.05, 0.1) is 17.6 Å². The lowest BCUT2D eigenvalue weighted by molar-refractivity contribution is 0.0415. The second-order valence-corrected chi connectivity index (χ2v) is 7.09. The summed E-state index contributed by atoms with van der Waals surface area (Å²) in [5.74, 6) is -0.303. The highest BCUT2D eigenvalue weighted by atomic mass is 32.2. The third-order valence-electron chi connectivity index (χ3n) is 3.52. The monoisotopic (exact) mass is 342 g/mol. The number of carbonyl (C=O) groups excluding carboxylic acids is 1. The molecule has 1 heterocycles. The molecule has 0 bridgehead atoms. The third-order valence-corrected chi connectivity index (χ3v) is 4.94. The molecular weight excluding hydrogens is 320 g/mol. The smallest absolute Gasteiger partial charge is 0.251 e. The van der Waals surface area contributed by atoms with Crippen LogP contribution in [0.1, 0.15) is 23.2 Å². The first kappa shape index (κ1) is 17.9. The molecule has 0 spiro atoms. The zero-order valence-corrected chi connectivity index (χ0v) is 13.9. The molecule has 1 aliphatic rings. The average Bonchev–Trinajstić information content (AvgIpc) is 3.08. The molecule has 1 fully saturated rings. The maximum absolute atomic E-state index is 12.0. The molecule has 8 heteroatoms. The number of rotatable bonds is 8. The van der Waals surface area contributed by atoms with E-state index in [9.17, 15) is 13.2 Å². The molecule has 23 heavy (non-hydrogen) atoms. The number of ether oxygens (including phenoxy) is 2. The van der Waals surface area contributed by atoms with Crippen molar-refractivity contribution in [3.63, 3.8) is 0 Å². The predicted molar refractivity (Wildman–Crippen MR) is 84.8 cm³/mol. The Hall–Kier alpha value is -1.48. The second kappa shape index (κ2) is 8.39. The summed E-state index contributed by atoms with van der Waals surface area (Å²) in [5.41, 5.74) is 0.312. The molecular formula is C15H22N2O5S. The number of nitrogens with one attached hydrogen (secondary N) is 2. The van der Waals surface area contributed by atoms with Crippen LogP contribution in [0.15, 0.2) is 29.2 Å². The molecule has 0 aliphatic carbocycles. The topological polar surface area (TPSA) is 93.7 Å². The predicted octanol–water partition coefficient (Wildman–Crippen LogP) is 0.520. The molecule has 2 N–H and O–H groups in total. The molecule has 0 unspecified atom stereocenters. The lowest BCUT2D eigenvalue weighted by Crippen LogP contribution is -2.26.